The summed E-state index contributed by atoms with van der Waals surface area (Å²) in [5.74, 6) is -0.608. The molecule has 0 saturated carbocycles. The van der Waals surface area contributed by atoms with Crippen LogP contribution in [0.5, 0.6) is 5.75 Å². The Morgan fingerprint density at radius 2 is 1.86 bits per heavy atom. The van der Waals surface area contributed by atoms with Gasteiger partial charge in [0.15, 0.2) is 0 Å². The fourth-order valence-electron chi connectivity index (χ4n) is 3.67. The van der Waals surface area contributed by atoms with Gasteiger partial charge in [0.2, 0.25) is 0 Å². The normalized spacial score (nSPS) is 21.8. The Kier molecular flexibility index (Phi) is 8.25. The van der Waals surface area contributed by atoms with Crippen LogP contribution < -0.4 is 10.1 Å². The van der Waals surface area contributed by atoms with Crippen molar-refractivity contribution in [2.24, 2.45) is 0 Å². The number of carbonyl (C=O) groups is 4. The van der Waals surface area contributed by atoms with Gasteiger partial charge in [-0.3, -0.25) is 14.5 Å². The van der Waals surface area contributed by atoms with Gasteiger partial charge < -0.3 is 19.9 Å². The molecule has 0 radical (unpaired) electrons. The van der Waals surface area contributed by atoms with E-state index in [-0.39, 0.29) is 28.0 Å². The molecule has 2 N–H and O–H groups in total. The van der Waals surface area contributed by atoms with Gasteiger partial charge in [-0.15, -0.1) is 46.9 Å². The fourth-order valence-corrected chi connectivity index (χ4v) is 7.53. The van der Waals surface area contributed by atoms with Crippen LogP contribution in [0, 0.1) is 0 Å². The molecule has 0 aliphatic carbocycles. The number of amides is 2. The van der Waals surface area contributed by atoms with Gasteiger partial charge >= 0.3 is 11.9 Å². The van der Waals surface area contributed by atoms with Gasteiger partial charge in [0.25, 0.3) is 11.8 Å². The number of rotatable bonds is 8. The average Bonchev–Trinajstić information content (AvgIpc) is 2.89. The highest BCUT2D eigenvalue weighted by Crippen LogP contribution is 2.42. The zero-order valence-corrected chi connectivity index (χ0v) is 21.7. The summed E-state index contributed by atoms with van der Waals surface area (Å²) in [6.07, 6.45) is 0. The number of carboxylic acids is 1. The van der Waals surface area contributed by atoms with Crippen LogP contribution in [0.3, 0.4) is 0 Å². The minimum Gasteiger partial charge on any atom is -0.497 e. The molecule has 1 aromatic rings. The maximum absolute atomic E-state index is 13.0. The lowest BCUT2D eigenvalue weighted by Crippen LogP contribution is -2.70. The second-order valence-corrected chi connectivity index (χ2v) is 11.1. The second-order valence-electron chi connectivity index (χ2n) is 7.53. The predicted molar refractivity (Wildman–Crippen MR) is 135 cm³/mol. The molecule has 0 aromatic heterocycles. The number of nitrogens with one attached hydrogen (secondary N) is 1. The van der Waals surface area contributed by atoms with E-state index in [2.05, 4.69) is 5.32 Å². The molecule has 3 aliphatic heterocycles. The zero-order valence-electron chi connectivity index (χ0n) is 18.4. The largest absolute Gasteiger partial charge is 0.497 e. The number of benzene rings is 1. The van der Waals surface area contributed by atoms with Gasteiger partial charge in [-0.25, -0.2) is 9.59 Å². The Morgan fingerprint density at radius 1 is 1.17 bits per heavy atom. The number of esters is 1. The molecule has 2 amide bonds. The smallest absolute Gasteiger partial charge is 0.355 e. The first-order valence-electron chi connectivity index (χ1n) is 10.4. The molecule has 3 aliphatic rings. The number of hydrogen-bond donors (Lipinski definition) is 2. The third-order valence-electron chi connectivity index (χ3n) is 5.40. The molecule has 35 heavy (non-hydrogen) atoms. The van der Waals surface area contributed by atoms with Crippen LogP contribution in [0.15, 0.2) is 45.3 Å². The van der Waals surface area contributed by atoms with E-state index in [9.17, 15) is 24.3 Å². The Labute approximate surface area is 219 Å². The number of aliphatic carboxylic acids is 1. The Balaban J connectivity index is 1.46. The van der Waals surface area contributed by atoms with E-state index < -0.39 is 35.2 Å². The third kappa shape index (κ3) is 5.30. The number of ether oxygens (including phenoxy) is 2. The van der Waals surface area contributed by atoms with Crippen LogP contribution in [-0.4, -0.2) is 75.4 Å². The van der Waals surface area contributed by atoms with E-state index in [1.54, 1.807) is 31.4 Å². The summed E-state index contributed by atoms with van der Waals surface area (Å²) in [4.78, 5) is 51.6. The molecule has 13 heteroatoms. The van der Waals surface area contributed by atoms with Crippen LogP contribution in [0.2, 0.25) is 0 Å². The number of carbonyl (C=O) groups excluding carboxylic acids is 3. The number of nitrogens with zero attached hydrogens (tertiary/aromatic N) is 1. The van der Waals surface area contributed by atoms with Crippen LogP contribution in [0.4, 0.5) is 0 Å². The molecule has 2 atom stereocenters. The van der Waals surface area contributed by atoms with Gasteiger partial charge in [-0.2, -0.15) is 0 Å². The van der Waals surface area contributed by atoms with Crippen molar-refractivity contribution >= 4 is 70.6 Å². The van der Waals surface area contributed by atoms with Crippen molar-refractivity contribution in [2.45, 2.75) is 18.0 Å². The molecule has 1 aromatic carbocycles. The molecular formula is C22H21ClN2O7S3. The van der Waals surface area contributed by atoms with Gasteiger partial charge in [0, 0.05) is 23.1 Å². The van der Waals surface area contributed by atoms with Crippen molar-refractivity contribution < 1.29 is 33.8 Å². The number of thioether (sulfide) groups is 3. The topological polar surface area (TPSA) is 122 Å². The van der Waals surface area contributed by atoms with Gasteiger partial charge in [-0.05, 0) is 23.3 Å². The number of alkyl halides is 1. The lowest BCUT2D eigenvalue weighted by atomic mass is 10.0. The monoisotopic (exact) mass is 556 g/mol. The van der Waals surface area contributed by atoms with Crippen molar-refractivity contribution in [3.63, 3.8) is 0 Å². The average molecular weight is 557 g/mol. The quantitative estimate of drug-likeness (QED) is 0.280. The first-order chi connectivity index (χ1) is 16.8. The summed E-state index contributed by atoms with van der Waals surface area (Å²) in [7, 11) is 1.56. The molecule has 2 unspecified atom stereocenters. The molecule has 0 spiro atoms. The first-order valence-corrected chi connectivity index (χ1v) is 14.0. The highest BCUT2D eigenvalue weighted by Gasteiger charge is 2.54. The van der Waals surface area contributed by atoms with E-state index in [4.69, 9.17) is 21.1 Å². The third-order valence-corrected chi connectivity index (χ3v) is 9.61. The van der Waals surface area contributed by atoms with Crippen molar-refractivity contribution in [3.05, 3.63) is 50.9 Å². The van der Waals surface area contributed by atoms with Crippen molar-refractivity contribution in [3.8, 4) is 5.75 Å². The van der Waals surface area contributed by atoms with Crippen LogP contribution >= 0.6 is 46.9 Å². The molecule has 0 bridgehead atoms. The minimum absolute atomic E-state index is 0.00288. The summed E-state index contributed by atoms with van der Waals surface area (Å²) in [5.41, 5.74) is 1.42. The van der Waals surface area contributed by atoms with Crippen molar-refractivity contribution in [2.75, 3.05) is 30.2 Å². The molecule has 186 valence electrons. The summed E-state index contributed by atoms with van der Waals surface area (Å²) < 4.78 is 10.6. The van der Waals surface area contributed by atoms with Crippen LogP contribution in [0.1, 0.15) is 5.56 Å². The summed E-state index contributed by atoms with van der Waals surface area (Å²) in [6, 6.07) is 6.15. The Hall–Kier alpha value is -2.28. The van der Waals surface area contributed by atoms with E-state index in [0.29, 0.717) is 28.6 Å². The number of halogens is 1. The van der Waals surface area contributed by atoms with Gasteiger partial charge in [0.1, 0.15) is 34.4 Å². The van der Waals surface area contributed by atoms with E-state index in [0.717, 1.165) is 29.1 Å². The number of carboxylic acid groups (broad SMARTS) is 1. The molecule has 9 nitrogen and oxygen atoms in total. The molecular weight excluding hydrogens is 536 g/mol. The Bertz CT molecular complexity index is 1120. The first kappa shape index (κ1) is 25.8. The maximum Gasteiger partial charge on any atom is 0.355 e. The van der Waals surface area contributed by atoms with Crippen LogP contribution in [0.25, 0.3) is 0 Å². The number of hydrogen-bond acceptors (Lipinski definition) is 9. The number of methoxy groups -OCH3 is 1. The fraction of sp³-hybridized carbons (Fsp3) is 0.364. The highest BCUT2D eigenvalue weighted by atomic mass is 35.5. The van der Waals surface area contributed by atoms with Gasteiger partial charge in [0.05, 0.1) is 12.0 Å². The molecule has 3 heterocycles. The van der Waals surface area contributed by atoms with E-state index >= 15 is 0 Å². The molecule has 1 fully saturated rings. The lowest BCUT2D eigenvalue weighted by Gasteiger charge is -2.49. The van der Waals surface area contributed by atoms with E-state index in [1.807, 2.05) is 0 Å². The predicted octanol–water partition coefficient (Wildman–Crippen LogP) is 2.41. The summed E-state index contributed by atoms with van der Waals surface area (Å²) >= 11 is 9.69. The molecule has 1 saturated heterocycles. The number of fused-ring (bicyclic) bond motifs is 1. The second kappa shape index (κ2) is 11.2. The molecule has 4 rings (SSSR count). The van der Waals surface area contributed by atoms with Gasteiger partial charge in [-0.1, -0.05) is 12.1 Å². The highest BCUT2D eigenvalue weighted by molar-refractivity contribution is 8.11. The zero-order chi connectivity index (χ0) is 25.1. The SMILES string of the molecule is COc1ccc(COC(=O)C2=C(CCl)CSC3C(NC(=O)C4=C(C(=O)O)SCCS4)C(=O)N23)cc1. The van der Waals surface area contributed by atoms with Crippen molar-refractivity contribution in [1.82, 2.24) is 10.2 Å². The summed E-state index contributed by atoms with van der Waals surface area (Å²) in [5, 5.41) is 11.5. The summed E-state index contributed by atoms with van der Waals surface area (Å²) in [6.45, 7) is 0.00288. The van der Waals surface area contributed by atoms with Crippen molar-refractivity contribution in [1.29, 1.82) is 0 Å². The lowest BCUT2D eigenvalue weighted by molar-refractivity contribution is -0.153. The number of β-lactam (4-membered cyclic amide) rings is 1. The maximum atomic E-state index is 13.0. The Morgan fingerprint density at radius 3 is 2.49 bits per heavy atom. The van der Waals surface area contributed by atoms with E-state index in [1.165, 1.54) is 16.7 Å². The minimum atomic E-state index is -1.17. The van der Waals surface area contributed by atoms with Crippen LogP contribution in [-0.2, 0) is 30.5 Å². The standard InChI is InChI=1S/C22H21ClN2O7S3/c1-31-13-4-2-11(3-5-13)9-32-22(30)15-12(8-23)10-35-20-14(19(27)25(15)20)24-18(26)16-17(21(28)29)34-7-6-33-16/h2-5,14,20H,6-10H2,1H3,(H,24,26)(H,28,29).